The monoisotopic (exact) mass is 452 g/mol. The van der Waals surface area contributed by atoms with E-state index in [-0.39, 0.29) is 17.6 Å². The molecule has 0 aliphatic heterocycles. The van der Waals surface area contributed by atoms with Gasteiger partial charge in [-0.05, 0) is 48.9 Å². The lowest BCUT2D eigenvalue weighted by Gasteiger charge is -2.11. The predicted molar refractivity (Wildman–Crippen MR) is 123 cm³/mol. The Morgan fingerprint density at radius 1 is 1.12 bits per heavy atom. The Morgan fingerprint density at radius 2 is 1.88 bits per heavy atom. The van der Waals surface area contributed by atoms with E-state index in [0.717, 1.165) is 21.5 Å². The minimum atomic E-state index is -0.286. The van der Waals surface area contributed by atoms with E-state index in [9.17, 15) is 14.0 Å². The molecule has 2 heterocycles. The molecular formula is C23H21FN4O3S. The van der Waals surface area contributed by atoms with Gasteiger partial charge in [0.25, 0.3) is 5.91 Å². The van der Waals surface area contributed by atoms with E-state index < -0.39 is 0 Å². The van der Waals surface area contributed by atoms with Crippen molar-refractivity contribution in [3.63, 3.8) is 0 Å². The van der Waals surface area contributed by atoms with E-state index in [1.165, 1.54) is 37.5 Å². The lowest BCUT2D eigenvalue weighted by atomic mass is 10.2. The molecule has 0 bridgehead atoms. The van der Waals surface area contributed by atoms with Crippen LogP contribution in [0.4, 0.5) is 15.8 Å². The van der Waals surface area contributed by atoms with Crippen LogP contribution in [0.2, 0.25) is 0 Å². The molecular weight excluding hydrogens is 431 g/mol. The van der Waals surface area contributed by atoms with E-state index >= 15 is 0 Å². The molecule has 4 aromatic rings. The average molecular weight is 453 g/mol. The number of halogens is 1. The highest BCUT2D eigenvalue weighted by Crippen LogP contribution is 2.31. The fraction of sp³-hybridized carbons (Fsp3) is 0.174. The number of hydrogen-bond acceptors (Lipinski definition) is 5. The summed E-state index contributed by atoms with van der Waals surface area (Å²) >= 11 is 1.34. The normalized spacial score (nSPS) is 10.9. The summed E-state index contributed by atoms with van der Waals surface area (Å²) in [6.07, 6.45) is 0. The minimum Gasteiger partial charge on any atom is -0.495 e. The van der Waals surface area contributed by atoms with Crippen molar-refractivity contribution in [3.05, 3.63) is 70.5 Å². The van der Waals surface area contributed by atoms with Crippen LogP contribution in [-0.2, 0) is 11.3 Å². The Labute approximate surface area is 187 Å². The summed E-state index contributed by atoms with van der Waals surface area (Å²) in [5.41, 5.74) is 2.73. The van der Waals surface area contributed by atoms with Gasteiger partial charge in [-0.3, -0.25) is 14.3 Å². The summed E-state index contributed by atoms with van der Waals surface area (Å²) in [7, 11) is 1.51. The second-order valence-electron chi connectivity index (χ2n) is 7.25. The maximum absolute atomic E-state index is 13.2. The summed E-state index contributed by atoms with van der Waals surface area (Å²) < 4.78 is 20.3. The number of fused-ring (bicyclic) bond motifs is 1. The Kier molecular flexibility index (Phi) is 5.91. The Hall–Kier alpha value is -3.72. The van der Waals surface area contributed by atoms with Crippen molar-refractivity contribution in [2.45, 2.75) is 20.4 Å². The second kappa shape index (κ2) is 8.80. The first-order valence-corrected chi connectivity index (χ1v) is 10.6. The van der Waals surface area contributed by atoms with Gasteiger partial charge >= 0.3 is 0 Å². The number of aryl methyl sites for hydroxylation is 1. The number of ether oxygens (including phenoxy) is 1. The van der Waals surface area contributed by atoms with Gasteiger partial charge in [0, 0.05) is 18.0 Å². The van der Waals surface area contributed by atoms with Gasteiger partial charge in [-0.25, -0.2) is 4.39 Å². The highest BCUT2D eigenvalue weighted by atomic mass is 32.1. The number of aromatic nitrogens is 2. The maximum atomic E-state index is 13.2. The summed E-state index contributed by atoms with van der Waals surface area (Å²) in [4.78, 5) is 25.7. The molecule has 0 spiro atoms. The van der Waals surface area contributed by atoms with Gasteiger partial charge in [-0.15, -0.1) is 11.3 Å². The predicted octanol–water partition coefficient (Wildman–Crippen LogP) is 4.81. The molecule has 2 aromatic carbocycles. The van der Waals surface area contributed by atoms with Crippen molar-refractivity contribution in [2.24, 2.45) is 0 Å². The lowest BCUT2D eigenvalue weighted by Crippen LogP contribution is -2.12. The van der Waals surface area contributed by atoms with Gasteiger partial charge in [0.05, 0.1) is 29.9 Å². The number of hydrogen-bond donors (Lipinski definition) is 2. The maximum Gasteiger partial charge on any atom is 0.265 e. The number of nitrogens with zero attached hydrogens (tertiary/aromatic N) is 2. The third-order valence-electron chi connectivity index (χ3n) is 4.84. The summed E-state index contributed by atoms with van der Waals surface area (Å²) in [5, 5.41) is 11.0. The molecule has 0 aliphatic rings. The summed E-state index contributed by atoms with van der Waals surface area (Å²) in [5.74, 6) is -0.294. The first-order chi connectivity index (χ1) is 15.3. The summed E-state index contributed by atoms with van der Waals surface area (Å²) in [6, 6.07) is 13.1. The Bertz CT molecular complexity index is 1310. The van der Waals surface area contributed by atoms with E-state index in [0.29, 0.717) is 28.5 Å². The SMILES string of the molecule is COc1ccc(NC(=O)c2cc3c(C)nn(Cc4ccc(F)cc4)c3s2)cc1NC(C)=O. The van der Waals surface area contributed by atoms with Crippen LogP contribution in [0, 0.1) is 12.7 Å². The molecule has 4 rings (SSSR count). The fourth-order valence-electron chi connectivity index (χ4n) is 3.36. The van der Waals surface area contributed by atoms with Crippen LogP contribution in [0.25, 0.3) is 10.2 Å². The van der Waals surface area contributed by atoms with Crippen molar-refractivity contribution in [1.29, 1.82) is 0 Å². The third-order valence-corrected chi connectivity index (χ3v) is 5.99. The number of carbonyl (C=O) groups excluding carboxylic acids is 2. The van der Waals surface area contributed by atoms with Gasteiger partial charge < -0.3 is 15.4 Å². The van der Waals surface area contributed by atoms with Crippen LogP contribution in [-0.4, -0.2) is 28.7 Å². The van der Waals surface area contributed by atoms with Gasteiger partial charge in [0.15, 0.2) is 0 Å². The molecule has 0 fully saturated rings. The third kappa shape index (κ3) is 4.47. The zero-order chi connectivity index (χ0) is 22.8. The van der Waals surface area contributed by atoms with Crippen LogP contribution in [0.15, 0.2) is 48.5 Å². The van der Waals surface area contributed by atoms with E-state index in [4.69, 9.17) is 4.74 Å². The quantitative estimate of drug-likeness (QED) is 0.440. The molecule has 2 N–H and O–H groups in total. The fourth-order valence-corrected chi connectivity index (χ4v) is 4.42. The number of nitrogens with one attached hydrogen (secondary N) is 2. The lowest BCUT2D eigenvalue weighted by molar-refractivity contribution is -0.114. The van der Waals surface area contributed by atoms with Gasteiger partial charge in [-0.2, -0.15) is 5.10 Å². The first kappa shape index (κ1) is 21.5. The zero-order valence-corrected chi connectivity index (χ0v) is 18.5. The highest BCUT2D eigenvalue weighted by molar-refractivity contribution is 7.20. The molecule has 0 radical (unpaired) electrons. The number of amides is 2. The second-order valence-corrected chi connectivity index (χ2v) is 8.28. The molecule has 32 heavy (non-hydrogen) atoms. The first-order valence-electron chi connectivity index (χ1n) is 9.82. The van der Waals surface area contributed by atoms with Crippen LogP contribution in [0.3, 0.4) is 0 Å². The molecule has 0 saturated heterocycles. The standard InChI is InChI=1S/C23H21FN4O3S/c1-13-18-11-21(32-23(18)28(27-13)12-15-4-6-16(24)7-5-15)22(30)26-17-8-9-20(31-3)19(10-17)25-14(2)29/h4-11H,12H2,1-3H3,(H,25,29)(H,26,30). The van der Waals surface area contributed by atoms with Crippen LogP contribution >= 0.6 is 11.3 Å². The van der Waals surface area contributed by atoms with Gasteiger partial charge in [-0.1, -0.05) is 12.1 Å². The Morgan fingerprint density at radius 3 is 2.56 bits per heavy atom. The molecule has 2 amide bonds. The number of anilines is 2. The molecule has 0 aliphatic carbocycles. The Balaban J connectivity index is 1.58. The van der Waals surface area contributed by atoms with Crippen LogP contribution in [0.1, 0.15) is 27.9 Å². The molecule has 164 valence electrons. The highest BCUT2D eigenvalue weighted by Gasteiger charge is 2.17. The number of benzene rings is 2. The largest absolute Gasteiger partial charge is 0.495 e. The van der Waals surface area contributed by atoms with Crippen molar-refractivity contribution < 1.29 is 18.7 Å². The number of carbonyl (C=O) groups is 2. The summed E-state index contributed by atoms with van der Waals surface area (Å²) in [6.45, 7) is 3.77. The zero-order valence-electron chi connectivity index (χ0n) is 17.7. The number of thiophene rings is 1. The van der Waals surface area contributed by atoms with Gasteiger partial charge in [0.1, 0.15) is 16.4 Å². The molecule has 0 atom stereocenters. The number of rotatable bonds is 6. The van der Waals surface area contributed by atoms with Crippen LogP contribution in [0.5, 0.6) is 5.75 Å². The van der Waals surface area contributed by atoms with Crippen LogP contribution < -0.4 is 15.4 Å². The number of methoxy groups -OCH3 is 1. The smallest absolute Gasteiger partial charge is 0.265 e. The van der Waals surface area contributed by atoms with E-state index in [1.54, 1.807) is 30.3 Å². The molecule has 2 aromatic heterocycles. The van der Waals surface area contributed by atoms with Gasteiger partial charge in [0.2, 0.25) is 5.91 Å². The average Bonchev–Trinajstić information content (AvgIpc) is 3.31. The molecule has 7 nitrogen and oxygen atoms in total. The van der Waals surface area contributed by atoms with Crippen molar-refractivity contribution in [1.82, 2.24) is 9.78 Å². The van der Waals surface area contributed by atoms with Crippen molar-refractivity contribution >= 4 is 44.7 Å². The minimum absolute atomic E-state index is 0.238. The van der Waals surface area contributed by atoms with Crippen molar-refractivity contribution in [2.75, 3.05) is 17.7 Å². The molecule has 9 heteroatoms. The van der Waals surface area contributed by atoms with E-state index in [2.05, 4.69) is 15.7 Å². The topological polar surface area (TPSA) is 85.2 Å². The van der Waals surface area contributed by atoms with Crippen molar-refractivity contribution in [3.8, 4) is 5.75 Å². The molecule has 0 saturated carbocycles. The van der Waals surface area contributed by atoms with E-state index in [1.807, 2.05) is 17.7 Å². The molecule has 0 unspecified atom stereocenters.